The van der Waals surface area contributed by atoms with E-state index in [0.29, 0.717) is 24.1 Å². The minimum absolute atomic E-state index is 0.0145. The monoisotopic (exact) mass is 666 g/mol. The Bertz CT molecular complexity index is 1810. The molecule has 42 heavy (non-hydrogen) atoms. The maximum atomic E-state index is 13.8. The molecule has 4 rings (SSSR count). The van der Waals surface area contributed by atoms with Crippen LogP contribution in [0.4, 0.5) is 37.3 Å². The van der Waals surface area contributed by atoms with Crippen molar-refractivity contribution in [2.45, 2.75) is 14.7 Å². The summed E-state index contributed by atoms with van der Waals surface area (Å²) < 4.78 is 69.9. The number of anilines is 3. The number of aromatic hydroxyl groups is 1. The number of benzene rings is 3. The van der Waals surface area contributed by atoms with E-state index in [1.54, 1.807) is 0 Å². The second-order valence-electron chi connectivity index (χ2n) is 7.56. The van der Waals surface area contributed by atoms with E-state index in [2.05, 4.69) is 44.3 Å². The van der Waals surface area contributed by atoms with Crippen molar-refractivity contribution in [2.24, 2.45) is 10.2 Å². The van der Waals surface area contributed by atoms with Crippen LogP contribution < -0.4 is 11.1 Å². The molecule has 0 amide bonds. The molecule has 22 heteroatoms. The first kappa shape index (κ1) is 31.5. The average molecular weight is 667 g/mol. The van der Waals surface area contributed by atoms with Gasteiger partial charge in [-0.2, -0.15) is 27.2 Å². The summed E-state index contributed by atoms with van der Waals surface area (Å²) in [4.78, 5) is 5.70. The minimum Gasteiger partial charge on any atom is -0.507 e. The van der Waals surface area contributed by atoms with Crippen molar-refractivity contribution in [3.63, 3.8) is 0 Å². The average Bonchev–Trinajstić information content (AvgIpc) is 2.92. The standard InChI is InChI=1S/C20H13ClF2N6O10S3/c21-15-18(22)26-20(23)27-19(15)25-8-1-2-12(41-39-37-32)10(5-8)28-29-17-14-7(4-13(16(17)24)42(33,34)35)3-9(6-11(14)30)40-38-36-31/h1-6,30-32H,24H2,(H,25,26,27)(H,33,34,35). The number of azo groups is 1. The van der Waals surface area contributed by atoms with E-state index < -0.39 is 55.0 Å². The largest absolute Gasteiger partial charge is 0.507 e. The summed E-state index contributed by atoms with van der Waals surface area (Å²) in [6.07, 6.45) is -1.40. The van der Waals surface area contributed by atoms with Gasteiger partial charge in [0.05, 0.1) is 40.1 Å². The first-order chi connectivity index (χ1) is 19.9. The summed E-state index contributed by atoms with van der Waals surface area (Å²) in [5.74, 6) is -2.26. The van der Waals surface area contributed by atoms with Crippen molar-refractivity contribution in [3.8, 4) is 5.75 Å². The third-order valence-electron chi connectivity index (χ3n) is 5.02. The van der Waals surface area contributed by atoms with Crippen LogP contribution in [-0.4, -0.2) is 38.6 Å². The van der Waals surface area contributed by atoms with Gasteiger partial charge in [-0.1, -0.05) is 21.7 Å². The Labute approximate surface area is 245 Å². The molecule has 0 spiro atoms. The zero-order valence-corrected chi connectivity index (χ0v) is 23.1. The molecule has 0 aliphatic carbocycles. The number of hydrogen-bond donors (Lipinski definition) is 6. The van der Waals surface area contributed by atoms with E-state index in [1.165, 1.54) is 24.3 Å². The molecule has 0 aliphatic heterocycles. The summed E-state index contributed by atoms with van der Waals surface area (Å²) in [5.41, 5.74) is 4.98. The fraction of sp³-hybridized carbons (Fsp3) is 0. The molecule has 0 unspecified atom stereocenters. The lowest BCUT2D eigenvalue weighted by atomic mass is 10.1. The molecule has 0 bridgehead atoms. The van der Waals surface area contributed by atoms with E-state index in [0.717, 1.165) is 12.1 Å². The molecule has 222 valence electrons. The van der Waals surface area contributed by atoms with Crippen molar-refractivity contribution in [1.82, 2.24) is 9.97 Å². The van der Waals surface area contributed by atoms with Crippen molar-refractivity contribution in [1.29, 1.82) is 0 Å². The Hall–Kier alpha value is -3.48. The summed E-state index contributed by atoms with van der Waals surface area (Å²) in [6.45, 7) is 0. The molecule has 0 fully saturated rings. The molecule has 16 nitrogen and oxygen atoms in total. The Morgan fingerprint density at radius 2 is 1.74 bits per heavy atom. The predicted molar refractivity (Wildman–Crippen MR) is 142 cm³/mol. The summed E-state index contributed by atoms with van der Waals surface area (Å²) in [5, 5.41) is 44.6. The highest BCUT2D eigenvalue weighted by Crippen LogP contribution is 2.45. The highest BCUT2D eigenvalue weighted by molar-refractivity contribution is 7.94. The number of fused-ring (bicyclic) bond motifs is 1. The SMILES string of the molecule is Nc1c(S(=O)(=O)O)cc2cc(SOOO)cc(O)c2c1N=Nc1cc(Nc2nc(F)nc(F)c2Cl)ccc1SOOO. The van der Waals surface area contributed by atoms with Crippen LogP contribution in [0.25, 0.3) is 10.8 Å². The van der Waals surface area contributed by atoms with Crippen LogP contribution in [0.5, 0.6) is 5.75 Å². The Morgan fingerprint density at radius 1 is 1.02 bits per heavy atom. The van der Waals surface area contributed by atoms with Gasteiger partial charge in [0, 0.05) is 10.6 Å². The van der Waals surface area contributed by atoms with Gasteiger partial charge in [0.1, 0.15) is 27.0 Å². The van der Waals surface area contributed by atoms with Crippen LogP contribution in [0.2, 0.25) is 5.02 Å². The minimum atomic E-state index is -4.92. The zero-order valence-electron chi connectivity index (χ0n) is 19.9. The maximum absolute atomic E-state index is 13.8. The van der Waals surface area contributed by atoms with Gasteiger partial charge >= 0.3 is 6.08 Å². The van der Waals surface area contributed by atoms with E-state index >= 15 is 0 Å². The topological polar surface area (TPSA) is 241 Å². The van der Waals surface area contributed by atoms with Gasteiger partial charge in [-0.15, -0.1) is 18.9 Å². The lowest BCUT2D eigenvalue weighted by Gasteiger charge is -2.13. The first-order valence-corrected chi connectivity index (χ1v) is 13.8. The van der Waals surface area contributed by atoms with Gasteiger partial charge in [-0.25, -0.2) is 10.5 Å². The number of phenols is 1. The van der Waals surface area contributed by atoms with Crippen molar-refractivity contribution < 1.29 is 56.1 Å². The normalized spacial score (nSPS) is 12.0. The number of nitrogens with two attached hydrogens (primary N) is 1. The fourth-order valence-electron chi connectivity index (χ4n) is 3.40. The van der Waals surface area contributed by atoms with Gasteiger partial charge in [-0.05, 0) is 41.8 Å². The summed E-state index contributed by atoms with van der Waals surface area (Å²) in [7, 11) is -4.92. The van der Waals surface area contributed by atoms with Crippen LogP contribution in [0.15, 0.2) is 61.3 Å². The van der Waals surface area contributed by atoms with Gasteiger partial charge < -0.3 is 16.2 Å². The van der Waals surface area contributed by atoms with Crippen LogP contribution in [-0.2, 0) is 28.9 Å². The number of nitrogen functional groups attached to an aromatic ring is 1. The third-order valence-corrected chi connectivity index (χ3v) is 7.46. The lowest BCUT2D eigenvalue weighted by molar-refractivity contribution is -0.432. The van der Waals surface area contributed by atoms with Crippen LogP contribution >= 0.6 is 35.7 Å². The molecule has 3 aromatic carbocycles. The van der Waals surface area contributed by atoms with E-state index in [1.807, 2.05) is 0 Å². The molecule has 0 aliphatic rings. The first-order valence-electron chi connectivity index (χ1n) is 10.5. The lowest BCUT2D eigenvalue weighted by Crippen LogP contribution is -2.04. The summed E-state index contributed by atoms with van der Waals surface area (Å²) in [6, 6.07) is 7.31. The predicted octanol–water partition coefficient (Wildman–Crippen LogP) is 6.11. The van der Waals surface area contributed by atoms with Crippen molar-refractivity contribution in [2.75, 3.05) is 11.1 Å². The Balaban J connectivity index is 1.86. The molecule has 1 heterocycles. The number of nitrogens with one attached hydrogen (secondary N) is 1. The molecule has 0 saturated heterocycles. The number of phenolic OH excluding ortho intramolecular Hbond substituents is 1. The zero-order chi connectivity index (χ0) is 30.6. The Morgan fingerprint density at radius 3 is 2.43 bits per heavy atom. The maximum Gasteiger partial charge on any atom is 0.313 e. The van der Waals surface area contributed by atoms with E-state index in [-0.39, 0.29) is 31.9 Å². The molecule has 0 saturated carbocycles. The molecule has 0 atom stereocenters. The van der Waals surface area contributed by atoms with E-state index in [4.69, 9.17) is 27.8 Å². The second-order valence-corrected chi connectivity index (χ2v) is 10.8. The summed E-state index contributed by atoms with van der Waals surface area (Å²) >= 11 is 6.69. The van der Waals surface area contributed by atoms with Crippen molar-refractivity contribution in [3.05, 3.63) is 53.4 Å². The highest BCUT2D eigenvalue weighted by atomic mass is 35.5. The molecular formula is C20H13ClF2N6O10S3. The van der Waals surface area contributed by atoms with E-state index in [9.17, 15) is 26.9 Å². The molecule has 1 aromatic heterocycles. The fourth-order valence-corrected chi connectivity index (χ4v) is 5.04. The van der Waals surface area contributed by atoms with Gasteiger partial charge in [0.15, 0.2) is 5.82 Å². The Kier molecular flexibility index (Phi) is 9.90. The van der Waals surface area contributed by atoms with Crippen LogP contribution in [0.3, 0.4) is 0 Å². The molecular weight excluding hydrogens is 654 g/mol. The number of rotatable bonds is 11. The smallest absolute Gasteiger partial charge is 0.313 e. The van der Waals surface area contributed by atoms with Crippen LogP contribution in [0.1, 0.15) is 0 Å². The number of nitrogens with zero attached hydrogens (tertiary/aromatic N) is 4. The highest BCUT2D eigenvalue weighted by Gasteiger charge is 2.23. The van der Waals surface area contributed by atoms with Crippen molar-refractivity contribution >= 4 is 85.1 Å². The molecule has 4 aromatic rings. The molecule has 0 radical (unpaired) electrons. The number of hydrogen-bond acceptors (Lipinski definition) is 17. The van der Waals surface area contributed by atoms with Gasteiger partial charge in [0.2, 0.25) is 5.95 Å². The number of aromatic nitrogens is 2. The second kappa shape index (κ2) is 13.2. The van der Waals surface area contributed by atoms with Crippen LogP contribution in [0, 0.1) is 12.0 Å². The number of halogens is 3. The quantitative estimate of drug-likeness (QED) is 0.0154. The molecule has 7 N–H and O–H groups in total. The van der Waals surface area contributed by atoms with Gasteiger partial charge in [-0.3, -0.25) is 4.55 Å². The third kappa shape index (κ3) is 7.11. The van der Waals surface area contributed by atoms with Gasteiger partial charge in [0.25, 0.3) is 10.1 Å².